The fourth-order valence-electron chi connectivity index (χ4n) is 15.0. The molecule has 4 aromatic carbocycles. The molecule has 0 atom stereocenters. The molecule has 5 N–H and O–H groups in total. The summed E-state index contributed by atoms with van der Waals surface area (Å²) in [7, 11) is -12.3. The molecule has 0 aromatic heterocycles. The Morgan fingerprint density at radius 1 is 0.419 bits per heavy atom. The van der Waals surface area contributed by atoms with E-state index >= 15 is 0 Å². The van der Waals surface area contributed by atoms with E-state index in [1.54, 1.807) is 51.8 Å². The van der Waals surface area contributed by atoms with Gasteiger partial charge in [-0.1, -0.05) is 66.6 Å². The Morgan fingerprint density at radius 2 is 0.734 bits per heavy atom. The second kappa shape index (κ2) is 49.1. The van der Waals surface area contributed by atoms with E-state index in [4.69, 9.17) is 36.8 Å². The number of ether oxygens (including phenoxy) is 4. The summed E-state index contributed by atoms with van der Waals surface area (Å²) in [5.74, 6) is 43.4. The van der Waals surface area contributed by atoms with Crippen molar-refractivity contribution in [3.8, 4) is 119 Å². The summed E-state index contributed by atoms with van der Waals surface area (Å²) in [4.78, 5) is 65.1. The molecule has 9 aliphatic rings. The minimum Gasteiger partial charge on any atom is -0.437 e. The van der Waals surface area contributed by atoms with Crippen LogP contribution in [0.1, 0.15) is 146 Å². The molecule has 9 saturated heterocycles. The maximum Gasteiger partial charge on any atom is 0.376 e. The highest BCUT2D eigenvalue weighted by Gasteiger charge is 2.53. The fraction of sp³-hybridized carbons (Fsp3) is 0.451. The summed E-state index contributed by atoms with van der Waals surface area (Å²) in [6, 6.07) is 25.9. The number of benzene rings is 4. The van der Waals surface area contributed by atoms with Crippen LogP contribution in [0, 0.1) is 126 Å². The fourth-order valence-corrected chi connectivity index (χ4v) is 20.1. The van der Waals surface area contributed by atoms with Crippen LogP contribution in [0.15, 0.2) is 112 Å². The van der Waals surface area contributed by atoms with Gasteiger partial charge in [0.25, 0.3) is 0 Å². The van der Waals surface area contributed by atoms with Crippen LogP contribution >= 0.6 is 0 Å². The monoisotopic (exact) mass is 1740 g/mol. The summed E-state index contributed by atoms with van der Waals surface area (Å²) < 4.78 is 107. The highest BCUT2D eigenvalue weighted by atomic mass is 32.2. The van der Waals surface area contributed by atoms with Crippen molar-refractivity contribution in [3.63, 3.8) is 0 Å². The molecule has 27 nitrogen and oxygen atoms in total. The number of piperidine rings is 5. The number of ketones is 5. The van der Waals surface area contributed by atoms with Gasteiger partial charge in [0.2, 0.25) is 30.1 Å². The highest BCUT2D eigenvalue weighted by Crippen LogP contribution is 2.41. The molecule has 652 valence electrons. The molecular weight excluding hydrogens is 1640 g/mol. The van der Waals surface area contributed by atoms with Gasteiger partial charge >= 0.3 is 21.2 Å². The molecule has 9 fully saturated rings. The predicted octanol–water partition coefficient (Wildman–Crippen LogP) is 5.30. The molecular formula is C91H107B3N9O18S3-. The summed E-state index contributed by atoms with van der Waals surface area (Å²) in [5.41, 5.74) is 0.840. The Labute approximate surface area is 734 Å². The number of likely N-dealkylation sites (tertiary alicyclic amines) is 1. The van der Waals surface area contributed by atoms with E-state index in [1.807, 2.05) is 40.7 Å². The van der Waals surface area contributed by atoms with Gasteiger partial charge in [-0.15, -0.1) is 18.8 Å². The number of hydrogen-bond acceptors (Lipinski definition) is 24. The van der Waals surface area contributed by atoms with E-state index in [1.165, 1.54) is 82.2 Å². The van der Waals surface area contributed by atoms with E-state index in [0.717, 1.165) is 77.4 Å². The van der Waals surface area contributed by atoms with Gasteiger partial charge in [-0.3, -0.25) is 40.1 Å². The van der Waals surface area contributed by atoms with Gasteiger partial charge < -0.3 is 53.8 Å². The van der Waals surface area contributed by atoms with Gasteiger partial charge in [0.1, 0.15) is 28.7 Å². The van der Waals surface area contributed by atoms with Crippen molar-refractivity contribution in [1.29, 1.82) is 0 Å². The van der Waals surface area contributed by atoms with Crippen molar-refractivity contribution in [2.45, 2.75) is 163 Å². The number of carbonyl (C=O) groups is 5. The molecule has 0 bridgehead atoms. The summed E-state index contributed by atoms with van der Waals surface area (Å²) in [5, 5.41) is 34.8. The molecule has 33 heteroatoms. The van der Waals surface area contributed by atoms with Crippen LogP contribution in [-0.4, -0.2) is 264 Å². The Hall–Kier alpha value is -9.90. The lowest BCUT2D eigenvalue weighted by Gasteiger charge is -2.43. The van der Waals surface area contributed by atoms with Crippen LogP contribution in [-0.2, 0) is 60.4 Å². The summed E-state index contributed by atoms with van der Waals surface area (Å²) in [6.45, 7) is 28.2. The van der Waals surface area contributed by atoms with Gasteiger partial charge in [0.15, 0.2) is 23.1 Å². The number of terminal acetylenes is 2. The van der Waals surface area contributed by atoms with E-state index in [9.17, 15) is 59.3 Å². The quantitative estimate of drug-likeness (QED) is 0.0436. The van der Waals surface area contributed by atoms with E-state index in [-0.39, 0.29) is 50.6 Å². The zero-order valence-electron chi connectivity index (χ0n) is 71.7. The average molecular weight is 1740 g/mol. The van der Waals surface area contributed by atoms with Gasteiger partial charge in [-0.2, -0.15) is 19.8 Å². The van der Waals surface area contributed by atoms with Crippen molar-refractivity contribution >= 4 is 80.1 Å². The third-order valence-electron chi connectivity index (χ3n) is 21.9. The lowest BCUT2D eigenvalue weighted by Crippen LogP contribution is -2.56. The van der Waals surface area contributed by atoms with Crippen molar-refractivity contribution in [2.24, 2.45) is 0 Å². The standard InChI is InChI=1S/C24H28N2O5S.C16H23BN2O5S.C15H20N2O4S.C11H4.C11H3.C8H17BN2O2.C6H12BNO2/c1-18(27)21-5-3-20(4-6-21)17-25-13-11-24(12-14-25)26(15-16-31-24)32(29,30)23-9-7-22(8-10-23)19(2)28;1-13(20)14-3-5-15(6-4-14)25(22,23)19-11-12-24-16(19)7-9-18(10-8-16)17(2)21;1-12(18)13-2-4-14(5-3-13)22(19,20)17-10-11-21-15(17)6-8-16-9-7-15;2*1-3-5-7-9-11-10-8-6-4-2;1-9(12)11-5-2-8(3-6-11)10-4-7-13-8;1-7(10)8-4-2-6(9)3-5-8/h3-10H,11-17H2,1-2H3;3-6,21H,7-12H2,1-2H3;2-5,16H,6-11H2,1H3;1H,2H3;1H,2H2;10,12H,2-7H2,1H3;10H,2-5H2,1H3/q;;;;-1;;. The second-order valence-electron chi connectivity index (χ2n) is 29.9. The van der Waals surface area contributed by atoms with Crippen LogP contribution in [0.5, 0.6) is 0 Å². The topological polar surface area (TPSA) is 332 Å². The first-order valence-corrected chi connectivity index (χ1v) is 45.1. The Bertz CT molecular complexity index is 5270. The zero-order valence-corrected chi connectivity index (χ0v) is 74.1. The zero-order chi connectivity index (χ0) is 90.6. The third kappa shape index (κ3) is 29.1. The molecule has 0 radical (unpaired) electrons. The van der Waals surface area contributed by atoms with Crippen LogP contribution in [0.2, 0.25) is 20.5 Å². The van der Waals surface area contributed by atoms with Crippen LogP contribution in [0.25, 0.3) is 0 Å². The average Bonchev–Trinajstić information content (AvgIpc) is 1.60. The number of nitrogens with one attached hydrogen (secondary N) is 2. The van der Waals surface area contributed by atoms with E-state index < -0.39 is 61.3 Å². The Balaban J connectivity index is 0.000000208. The molecule has 4 aromatic rings. The largest absolute Gasteiger partial charge is 0.437 e. The lowest BCUT2D eigenvalue weighted by molar-refractivity contribution is -0.120. The molecule has 0 unspecified atom stereocenters. The van der Waals surface area contributed by atoms with E-state index in [2.05, 4.69) is 134 Å². The maximum absolute atomic E-state index is 13.4. The Kier molecular flexibility index (Phi) is 40.1. The van der Waals surface area contributed by atoms with Gasteiger partial charge in [-0.25, -0.2) is 31.2 Å². The molecule has 124 heavy (non-hydrogen) atoms. The predicted molar refractivity (Wildman–Crippen MR) is 477 cm³/mol. The summed E-state index contributed by atoms with van der Waals surface area (Å²) >= 11 is 0. The SMILES string of the molecule is C#CC#CC#CC#CC#CC.C#CC#CC#CC#CC#C[CH2-].CB(O)N1CCC(=O)CC1.CB(O)N1CCC2(CC1)NCCO2.CB(O)N1CCC2(CC1)OCCN2S(=O)(=O)c1ccc(C(C)=O)cc1.CC(=O)c1ccc(CN2CCC3(CC2)OCCN3S(=O)(=O)c2ccc(C(C)=O)cc2)cc1.CC(=O)c1ccc(S(=O)(=O)N2CCOC23CCNCC3)cc1. The van der Waals surface area contributed by atoms with Gasteiger partial charge in [-0.05, 0) is 232 Å². The number of carbonyl (C=O) groups excluding carboxylic acids is 5. The number of Topliss-reactive ketones (excluding diaryl/α,β-unsaturated/α-hetero) is 5. The molecule has 9 heterocycles. The second-order valence-corrected chi connectivity index (χ2v) is 35.5. The molecule has 13 rings (SSSR count). The molecule has 9 aliphatic heterocycles. The molecule has 0 amide bonds. The number of sulfonamides is 3. The third-order valence-corrected chi connectivity index (χ3v) is 27.7. The number of nitrogens with zero attached hydrogens (tertiary/aromatic N) is 7. The van der Waals surface area contributed by atoms with Gasteiger partial charge in [0.05, 0.1) is 41.1 Å². The van der Waals surface area contributed by atoms with Crippen molar-refractivity contribution < 1.29 is 83.2 Å². The van der Waals surface area contributed by atoms with E-state index in [0.29, 0.717) is 145 Å². The van der Waals surface area contributed by atoms with Crippen LogP contribution in [0.4, 0.5) is 0 Å². The molecule has 0 aliphatic carbocycles. The lowest BCUT2D eigenvalue weighted by atomic mass is 9.81. The van der Waals surface area contributed by atoms with Crippen LogP contribution in [0.3, 0.4) is 0 Å². The smallest absolute Gasteiger partial charge is 0.376 e. The first-order valence-electron chi connectivity index (χ1n) is 40.8. The molecule has 0 saturated carbocycles. The minimum absolute atomic E-state index is 0.0482. The first-order chi connectivity index (χ1) is 59.2. The number of rotatable bonds is 15. The van der Waals surface area contributed by atoms with Gasteiger partial charge in [0, 0.05) is 132 Å². The minimum atomic E-state index is -3.73. The van der Waals surface area contributed by atoms with Crippen molar-refractivity contribution in [3.05, 3.63) is 132 Å². The first kappa shape index (κ1) is 101. The molecule has 4 spiro atoms. The summed E-state index contributed by atoms with van der Waals surface area (Å²) in [6.07, 6.45) is 16.4. The normalized spacial score (nSPS) is 18.5. The number of hydrogen-bond donors (Lipinski definition) is 5. The van der Waals surface area contributed by atoms with Crippen molar-refractivity contribution in [1.82, 2.24) is 42.9 Å². The maximum atomic E-state index is 13.4. The van der Waals surface area contributed by atoms with Crippen LogP contribution < -0.4 is 10.6 Å². The van der Waals surface area contributed by atoms with Crippen molar-refractivity contribution in [2.75, 3.05) is 118 Å². The highest BCUT2D eigenvalue weighted by molar-refractivity contribution is 7.89. The Morgan fingerprint density at radius 3 is 1.06 bits per heavy atom.